The molecule has 0 radical (unpaired) electrons. The van der Waals surface area contributed by atoms with Crippen molar-refractivity contribution in [3.05, 3.63) is 83.7 Å². The Morgan fingerprint density at radius 1 is 0.786 bits per heavy atom. The number of azo groups is 2. The Kier molecular flexibility index (Phi) is 13.7. The molecule has 0 aromatic carbocycles. The Bertz CT molecular complexity index is 732. The second-order valence-corrected chi connectivity index (χ2v) is 6.44. The number of ether oxygens (including phenoxy) is 1. The lowest BCUT2D eigenvalue weighted by atomic mass is 10.1. The highest BCUT2D eigenvalue weighted by atomic mass is 16.5. The molecule has 0 amide bonds. The van der Waals surface area contributed by atoms with Crippen molar-refractivity contribution in [2.75, 3.05) is 7.11 Å². The lowest BCUT2D eigenvalue weighted by Gasteiger charge is -1.97. The number of rotatable bonds is 12. The first kappa shape index (κ1) is 25.2. The van der Waals surface area contributed by atoms with Crippen molar-refractivity contribution in [2.45, 2.75) is 53.9 Å². The zero-order chi connectivity index (χ0) is 21.4. The Balaban J connectivity index is 4.75. The van der Waals surface area contributed by atoms with Crippen molar-refractivity contribution in [3.8, 4) is 0 Å². The van der Waals surface area contributed by atoms with Gasteiger partial charge in [-0.2, -0.15) is 20.5 Å². The number of unbranched alkanes of at least 4 members (excludes halogenated alkanes) is 1. The highest BCUT2D eigenvalue weighted by molar-refractivity contribution is 5.20. The Labute approximate surface area is 170 Å². The fraction of sp³-hybridized carbons (Fsp3) is 0.391. The van der Waals surface area contributed by atoms with E-state index in [-0.39, 0.29) is 0 Å². The maximum Gasteiger partial charge on any atom is 0.111 e. The molecule has 0 aliphatic rings. The van der Waals surface area contributed by atoms with Crippen molar-refractivity contribution in [3.63, 3.8) is 0 Å². The molecule has 0 aliphatic heterocycles. The smallest absolute Gasteiger partial charge is 0.111 e. The number of hydrogen-bond donors (Lipinski definition) is 0. The summed E-state index contributed by atoms with van der Waals surface area (Å²) in [4.78, 5) is 0. The fourth-order valence-corrected chi connectivity index (χ4v) is 1.73. The fourth-order valence-electron chi connectivity index (χ4n) is 1.73. The number of allylic oxidation sites excluding steroid dienone is 10. The Morgan fingerprint density at radius 2 is 1.29 bits per heavy atom. The van der Waals surface area contributed by atoms with Crippen molar-refractivity contribution in [2.24, 2.45) is 20.5 Å². The maximum absolute atomic E-state index is 4.93. The van der Waals surface area contributed by atoms with Crippen LogP contribution in [0.15, 0.2) is 104 Å². The SMILES string of the molecule is C=C(/C=C\C(=C)OC)N=N/C(C)=C/C=C(C)/N=N/C(C)=C/C=C(\C)CCCC. The molecule has 0 aromatic heterocycles. The molecule has 0 aromatic rings. The first-order chi connectivity index (χ1) is 13.3. The zero-order valence-electron chi connectivity index (χ0n) is 18.2. The van der Waals surface area contributed by atoms with Gasteiger partial charge in [0.1, 0.15) is 5.76 Å². The van der Waals surface area contributed by atoms with Crippen LogP contribution in [0.1, 0.15) is 53.9 Å². The van der Waals surface area contributed by atoms with Crippen LogP contribution in [0.3, 0.4) is 0 Å². The standard InChI is InChI=1S/C23H34N4O/c1-9-10-11-18(2)12-13-19(3)24-25-20(4)14-15-21(5)26-27-22(6)16-17-23(7)28-8/h12-17H,6-7,9-11H2,1-5,8H3/b17-16-,18-12+,19-13+,20-14+,21-15+,25-24+,27-26?. The monoisotopic (exact) mass is 382 g/mol. The highest BCUT2D eigenvalue weighted by Crippen LogP contribution is 2.09. The van der Waals surface area contributed by atoms with Gasteiger partial charge in [-0.1, -0.05) is 38.2 Å². The maximum atomic E-state index is 4.93. The second-order valence-electron chi connectivity index (χ2n) is 6.44. The zero-order valence-corrected chi connectivity index (χ0v) is 18.2. The lowest BCUT2D eigenvalue weighted by molar-refractivity contribution is 0.309. The molecule has 152 valence electrons. The van der Waals surface area contributed by atoms with Gasteiger partial charge in [0, 0.05) is 0 Å². The molecule has 0 fully saturated rings. The van der Waals surface area contributed by atoms with Crippen LogP contribution in [-0.4, -0.2) is 7.11 Å². The third kappa shape index (κ3) is 14.4. The van der Waals surface area contributed by atoms with E-state index in [4.69, 9.17) is 4.74 Å². The van der Waals surface area contributed by atoms with Crippen LogP contribution in [-0.2, 0) is 4.74 Å². The normalized spacial score (nSPS) is 14.5. The molecule has 5 heteroatoms. The molecule has 0 atom stereocenters. The van der Waals surface area contributed by atoms with Gasteiger partial charge in [0.15, 0.2) is 0 Å². The molecule has 0 aliphatic carbocycles. The molecule has 0 unspecified atom stereocenters. The average Bonchev–Trinajstić information content (AvgIpc) is 2.69. The first-order valence-corrected chi connectivity index (χ1v) is 9.41. The van der Waals surface area contributed by atoms with Crippen LogP contribution in [0, 0.1) is 0 Å². The quantitative estimate of drug-likeness (QED) is 0.192. The Hall–Kier alpha value is -2.82. The first-order valence-electron chi connectivity index (χ1n) is 9.41. The third-order valence-electron chi connectivity index (χ3n) is 3.52. The van der Waals surface area contributed by atoms with Crippen LogP contribution in [0.4, 0.5) is 0 Å². The van der Waals surface area contributed by atoms with E-state index in [0.717, 1.165) is 23.5 Å². The van der Waals surface area contributed by atoms with Gasteiger partial charge in [-0.15, -0.1) is 0 Å². The molecule has 28 heavy (non-hydrogen) atoms. The summed E-state index contributed by atoms with van der Waals surface area (Å²) < 4.78 is 4.93. The molecule has 0 rings (SSSR count). The molecule has 0 saturated carbocycles. The van der Waals surface area contributed by atoms with Crippen molar-refractivity contribution in [1.82, 2.24) is 0 Å². The number of nitrogens with zero attached hydrogens (tertiary/aromatic N) is 4. The van der Waals surface area contributed by atoms with Gasteiger partial charge in [-0.3, -0.25) is 0 Å². The van der Waals surface area contributed by atoms with Crippen LogP contribution in [0.5, 0.6) is 0 Å². The van der Waals surface area contributed by atoms with E-state index in [1.54, 1.807) is 19.3 Å². The molecule has 0 heterocycles. The summed E-state index contributed by atoms with van der Waals surface area (Å²) in [6.45, 7) is 17.5. The van der Waals surface area contributed by atoms with E-state index < -0.39 is 0 Å². The van der Waals surface area contributed by atoms with Crippen LogP contribution >= 0.6 is 0 Å². The summed E-state index contributed by atoms with van der Waals surface area (Å²) in [5.41, 5.74) is 4.25. The number of hydrogen-bond acceptors (Lipinski definition) is 5. The number of methoxy groups -OCH3 is 1. The van der Waals surface area contributed by atoms with Gasteiger partial charge in [0.05, 0.1) is 29.9 Å². The Morgan fingerprint density at radius 3 is 1.79 bits per heavy atom. The van der Waals surface area contributed by atoms with E-state index in [1.807, 2.05) is 39.0 Å². The third-order valence-corrected chi connectivity index (χ3v) is 3.52. The van der Waals surface area contributed by atoms with Crippen LogP contribution in [0.2, 0.25) is 0 Å². The van der Waals surface area contributed by atoms with Crippen molar-refractivity contribution < 1.29 is 4.74 Å². The molecule has 0 N–H and O–H groups in total. The summed E-state index contributed by atoms with van der Waals surface area (Å²) >= 11 is 0. The molecule has 0 bridgehead atoms. The van der Waals surface area contributed by atoms with E-state index in [9.17, 15) is 0 Å². The molecular weight excluding hydrogens is 348 g/mol. The van der Waals surface area contributed by atoms with E-state index in [0.29, 0.717) is 11.5 Å². The highest BCUT2D eigenvalue weighted by Gasteiger charge is 1.90. The molecule has 0 saturated heterocycles. The topological polar surface area (TPSA) is 58.7 Å². The molecule has 5 nitrogen and oxygen atoms in total. The van der Waals surface area contributed by atoms with Crippen LogP contribution in [0.25, 0.3) is 0 Å². The van der Waals surface area contributed by atoms with Gasteiger partial charge in [-0.05, 0) is 70.9 Å². The summed E-state index contributed by atoms with van der Waals surface area (Å²) in [5, 5.41) is 16.6. The minimum atomic E-state index is 0.509. The van der Waals surface area contributed by atoms with E-state index >= 15 is 0 Å². The predicted octanol–water partition coefficient (Wildman–Crippen LogP) is 7.97. The van der Waals surface area contributed by atoms with E-state index in [2.05, 4.69) is 53.5 Å². The van der Waals surface area contributed by atoms with Crippen molar-refractivity contribution >= 4 is 0 Å². The minimum Gasteiger partial charge on any atom is -0.497 e. The van der Waals surface area contributed by atoms with Gasteiger partial charge >= 0.3 is 0 Å². The summed E-state index contributed by atoms with van der Waals surface area (Å²) in [6.07, 6.45) is 14.7. The largest absolute Gasteiger partial charge is 0.497 e. The predicted molar refractivity (Wildman–Crippen MR) is 119 cm³/mol. The van der Waals surface area contributed by atoms with Gasteiger partial charge in [-0.25, -0.2) is 0 Å². The van der Waals surface area contributed by atoms with Gasteiger partial charge in [0.25, 0.3) is 0 Å². The summed E-state index contributed by atoms with van der Waals surface area (Å²) in [5.74, 6) is 0.531. The minimum absolute atomic E-state index is 0.509. The molecular formula is C23H34N4O. The van der Waals surface area contributed by atoms with Gasteiger partial charge < -0.3 is 4.74 Å². The second kappa shape index (κ2) is 15.3. The molecule has 0 spiro atoms. The lowest BCUT2D eigenvalue weighted by Crippen LogP contribution is -1.77. The van der Waals surface area contributed by atoms with Gasteiger partial charge in [0.2, 0.25) is 0 Å². The van der Waals surface area contributed by atoms with Crippen LogP contribution < -0.4 is 0 Å². The summed E-state index contributed by atoms with van der Waals surface area (Å²) in [7, 11) is 1.55. The average molecular weight is 383 g/mol. The summed E-state index contributed by atoms with van der Waals surface area (Å²) in [6, 6.07) is 0. The van der Waals surface area contributed by atoms with E-state index in [1.165, 1.54) is 18.4 Å². The van der Waals surface area contributed by atoms with Crippen molar-refractivity contribution in [1.29, 1.82) is 0 Å².